The molecule has 2 aliphatic rings. The van der Waals surface area contributed by atoms with Crippen molar-refractivity contribution in [3.05, 3.63) is 53.5 Å². The second kappa shape index (κ2) is 7.31. The summed E-state index contributed by atoms with van der Waals surface area (Å²) in [4.78, 5) is 15.0. The number of likely N-dealkylation sites (tertiary alicyclic amines) is 1. The molecule has 5 nitrogen and oxygen atoms in total. The number of hydrogen-bond donors (Lipinski definition) is 2. The third-order valence-corrected chi connectivity index (χ3v) is 5.20. The molecule has 2 aromatic rings. The lowest BCUT2D eigenvalue weighted by molar-refractivity contribution is 0.0948. The monoisotopic (exact) mass is 339 g/mol. The van der Waals surface area contributed by atoms with Crippen LogP contribution in [0.1, 0.15) is 34.5 Å². The Bertz CT molecular complexity index is 727. The van der Waals surface area contributed by atoms with Crippen molar-refractivity contribution < 1.29 is 9.21 Å². The number of nitrogens with one attached hydrogen (secondary N) is 2. The Balaban J connectivity index is 1.31. The average molecular weight is 339 g/mol. The topological polar surface area (TPSA) is 57.5 Å². The Morgan fingerprint density at radius 2 is 2.28 bits per heavy atom. The first-order valence-electron chi connectivity index (χ1n) is 9.18. The van der Waals surface area contributed by atoms with Crippen LogP contribution >= 0.6 is 0 Å². The smallest absolute Gasteiger partial charge is 0.253 e. The average Bonchev–Trinajstić information content (AvgIpc) is 3.31. The van der Waals surface area contributed by atoms with Gasteiger partial charge >= 0.3 is 0 Å². The lowest BCUT2D eigenvalue weighted by Gasteiger charge is -2.21. The van der Waals surface area contributed by atoms with E-state index in [4.69, 9.17) is 4.42 Å². The first kappa shape index (κ1) is 16.2. The fraction of sp³-hybridized carbons (Fsp3) is 0.450. The van der Waals surface area contributed by atoms with Crippen molar-refractivity contribution in [2.45, 2.75) is 25.8 Å². The van der Waals surface area contributed by atoms with E-state index in [1.54, 1.807) is 6.26 Å². The van der Waals surface area contributed by atoms with E-state index >= 15 is 0 Å². The summed E-state index contributed by atoms with van der Waals surface area (Å²) in [6, 6.07) is 9.96. The van der Waals surface area contributed by atoms with Crippen LogP contribution in [0.15, 0.2) is 41.0 Å². The molecule has 1 aromatic heterocycles. The van der Waals surface area contributed by atoms with Gasteiger partial charge in [0, 0.05) is 19.6 Å². The van der Waals surface area contributed by atoms with Crippen LogP contribution in [-0.2, 0) is 13.0 Å². The number of hydrogen-bond acceptors (Lipinski definition) is 4. The van der Waals surface area contributed by atoms with Crippen molar-refractivity contribution in [3.63, 3.8) is 0 Å². The lowest BCUT2D eigenvalue weighted by Crippen LogP contribution is -2.32. The normalized spacial score (nSPS) is 20.1. The second-order valence-electron chi connectivity index (χ2n) is 7.05. The third-order valence-electron chi connectivity index (χ3n) is 5.20. The van der Waals surface area contributed by atoms with E-state index in [0.717, 1.165) is 69.0 Å². The minimum absolute atomic E-state index is 0.0377. The maximum atomic E-state index is 12.6. The summed E-state index contributed by atoms with van der Waals surface area (Å²) in [5.74, 6) is 1.55. The van der Waals surface area contributed by atoms with Gasteiger partial charge in [0.1, 0.15) is 5.76 Å². The molecular weight excluding hydrogens is 314 g/mol. The Labute approximate surface area is 148 Å². The first-order chi connectivity index (χ1) is 12.3. The van der Waals surface area contributed by atoms with Crippen LogP contribution in [0.2, 0.25) is 0 Å². The molecule has 1 saturated heterocycles. The van der Waals surface area contributed by atoms with Gasteiger partial charge in [0.25, 0.3) is 5.91 Å². The largest absolute Gasteiger partial charge is 0.468 e. The molecule has 132 valence electrons. The highest BCUT2D eigenvalue weighted by Crippen LogP contribution is 2.26. The number of furan rings is 1. The second-order valence-corrected chi connectivity index (χ2v) is 7.05. The van der Waals surface area contributed by atoms with Crippen molar-refractivity contribution in [3.8, 4) is 0 Å². The van der Waals surface area contributed by atoms with Crippen molar-refractivity contribution in [2.24, 2.45) is 5.92 Å². The van der Waals surface area contributed by atoms with Gasteiger partial charge in [-0.2, -0.15) is 0 Å². The fourth-order valence-electron chi connectivity index (χ4n) is 3.88. The summed E-state index contributed by atoms with van der Waals surface area (Å²) in [5.41, 5.74) is 3.06. The molecule has 1 atom stereocenters. The van der Waals surface area contributed by atoms with Crippen molar-refractivity contribution >= 4 is 11.6 Å². The van der Waals surface area contributed by atoms with E-state index in [9.17, 15) is 4.79 Å². The number of nitrogens with zero attached hydrogens (tertiary/aromatic N) is 1. The number of rotatable bonds is 5. The third kappa shape index (κ3) is 3.71. The number of fused-ring (bicyclic) bond motifs is 1. The summed E-state index contributed by atoms with van der Waals surface area (Å²) in [5, 5.41) is 6.53. The molecule has 2 N–H and O–H groups in total. The van der Waals surface area contributed by atoms with Crippen LogP contribution in [0.25, 0.3) is 0 Å². The molecule has 1 aromatic carbocycles. The van der Waals surface area contributed by atoms with E-state index in [2.05, 4.69) is 21.6 Å². The lowest BCUT2D eigenvalue weighted by atomic mass is 9.99. The van der Waals surface area contributed by atoms with Crippen molar-refractivity contribution in [1.29, 1.82) is 0 Å². The quantitative estimate of drug-likeness (QED) is 0.879. The van der Waals surface area contributed by atoms with Crippen molar-refractivity contribution in [1.82, 2.24) is 10.2 Å². The van der Waals surface area contributed by atoms with Gasteiger partial charge in [-0.1, -0.05) is 12.1 Å². The number of carbonyl (C=O) groups is 1. The molecule has 0 spiro atoms. The van der Waals surface area contributed by atoms with E-state index < -0.39 is 0 Å². The van der Waals surface area contributed by atoms with Crippen LogP contribution < -0.4 is 10.6 Å². The molecule has 0 bridgehead atoms. The SMILES string of the molecule is O=C(NCC1CCN(Cc2ccco2)C1)c1cccc2c1NCCC2. The number of benzene rings is 1. The van der Waals surface area contributed by atoms with Gasteiger partial charge in [0.05, 0.1) is 24.1 Å². The Morgan fingerprint density at radius 3 is 3.16 bits per heavy atom. The molecule has 25 heavy (non-hydrogen) atoms. The minimum Gasteiger partial charge on any atom is -0.468 e. The molecule has 0 saturated carbocycles. The van der Waals surface area contributed by atoms with Crippen LogP contribution in [-0.4, -0.2) is 37.0 Å². The number of para-hydroxylation sites is 1. The Morgan fingerprint density at radius 1 is 1.32 bits per heavy atom. The van der Waals surface area contributed by atoms with Crippen LogP contribution in [0, 0.1) is 5.92 Å². The number of amides is 1. The minimum atomic E-state index is 0.0377. The Kier molecular flexibility index (Phi) is 4.74. The molecule has 5 heteroatoms. The number of aryl methyl sites for hydroxylation is 1. The van der Waals surface area contributed by atoms with E-state index in [0.29, 0.717) is 5.92 Å². The number of anilines is 1. The summed E-state index contributed by atoms with van der Waals surface area (Å²) in [6.45, 7) is 4.60. The zero-order valence-corrected chi connectivity index (χ0v) is 14.5. The Hall–Kier alpha value is -2.27. The highest BCUT2D eigenvalue weighted by atomic mass is 16.3. The molecule has 3 heterocycles. The highest BCUT2D eigenvalue weighted by Gasteiger charge is 2.24. The fourth-order valence-corrected chi connectivity index (χ4v) is 3.88. The molecule has 2 aliphatic heterocycles. The van der Waals surface area contributed by atoms with Gasteiger partial charge in [-0.15, -0.1) is 0 Å². The van der Waals surface area contributed by atoms with Gasteiger partial charge < -0.3 is 15.1 Å². The van der Waals surface area contributed by atoms with Crippen LogP contribution in [0.3, 0.4) is 0 Å². The zero-order valence-electron chi connectivity index (χ0n) is 14.5. The molecule has 0 aliphatic carbocycles. The predicted molar refractivity (Wildman–Crippen MR) is 97.7 cm³/mol. The van der Waals surface area contributed by atoms with Crippen molar-refractivity contribution in [2.75, 3.05) is 31.5 Å². The predicted octanol–water partition coefficient (Wildman–Crippen LogP) is 2.89. The summed E-state index contributed by atoms with van der Waals surface area (Å²) >= 11 is 0. The molecule has 1 fully saturated rings. The van der Waals surface area contributed by atoms with E-state index in [-0.39, 0.29) is 5.91 Å². The zero-order chi connectivity index (χ0) is 17.1. The standard InChI is InChI=1S/C20H25N3O2/c24-20(18-7-1-4-16-5-2-9-21-19(16)18)22-12-15-8-10-23(13-15)14-17-6-3-11-25-17/h1,3-4,6-7,11,15,21H,2,5,8-10,12-14H2,(H,22,24). The molecule has 1 amide bonds. The summed E-state index contributed by atoms with van der Waals surface area (Å²) in [7, 11) is 0. The van der Waals surface area contributed by atoms with E-state index in [1.807, 2.05) is 24.3 Å². The molecular formula is C20H25N3O2. The van der Waals surface area contributed by atoms with Gasteiger partial charge in [-0.3, -0.25) is 9.69 Å². The molecule has 0 radical (unpaired) electrons. The van der Waals surface area contributed by atoms with Crippen LogP contribution in [0.4, 0.5) is 5.69 Å². The highest BCUT2D eigenvalue weighted by molar-refractivity contribution is 6.00. The van der Waals surface area contributed by atoms with Gasteiger partial charge in [0.15, 0.2) is 0 Å². The summed E-state index contributed by atoms with van der Waals surface area (Å²) in [6.07, 6.45) is 5.02. The van der Waals surface area contributed by atoms with Gasteiger partial charge in [-0.25, -0.2) is 0 Å². The number of carbonyl (C=O) groups excluding carboxylic acids is 1. The van der Waals surface area contributed by atoms with E-state index in [1.165, 1.54) is 5.56 Å². The van der Waals surface area contributed by atoms with Gasteiger partial charge in [-0.05, 0) is 55.5 Å². The maximum Gasteiger partial charge on any atom is 0.253 e. The first-order valence-corrected chi connectivity index (χ1v) is 9.18. The van der Waals surface area contributed by atoms with Crippen LogP contribution in [0.5, 0.6) is 0 Å². The summed E-state index contributed by atoms with van der Waals surface area (Å²) < 4.78 is 5.42. The molecule has 1 unspecified atom stereocenters. The molecule has 4 rings (SSSR count). The van der Waals surface area contributed by atoms with Gasteiger partial charge in [0.2, 0.25) is 0 Å². The maximum absolute atomic E-state index is 12.6.